The van der Waals surface area contributed by atoms with Gasteiger partial charge in [-0.3, -0.25) is 14.9 Å². The second-order valence-electron chi connectivity index (χ2n) is 6.60. The van der Waals surface area contributed by atoms with E-state index in [-0.39, 0.29) is 17.7 Å². The molecule has 2 saturated heterocycles. The number of anilines is 1. The van der Waals surface area contributed by atoms with E-state index < -0.39 is 5.54 Å². The van der Waals surface area contributed by atoms with Crippen LogP contribution in [-0.2, 0) is 9.59 Å². The van der Waals surface area contributed by atoms with E-state index in [1.54, 1.807) is 6.26 Å². The predicted molar refractivity (Wildman–Crippen MR) is 85.6 cm³/mol. The standard InChI is InChI=1S/C18H16N2O4/c21-15-12-8-18(9-12,17(22)19-15)20-6-7-23-14-13(10-24-16(14)20)11-4-2-1-3-5-11/h1-5,10,12H,6-9H2,(H,19,21,22). The lowest BCUT2D eigenvalue weighted by atomic mass is 9.63. The van der Waals surface area contributed by atoms with E-state index in [1.807, 2.05) is 35.2 Å². The molecule has 4 heterocycles. The number of ether oxygens (including phenoxy) is 1. The number of rotatable bonds is 2. The molecule has 1 aliphatic carbocycles. The predicted octanol–water partition coefficient (Wildman–Crippen LogP) is 1.95. The number of carbonyl (C=O) groups excluding carboxylic acids is 2. The largest absolute Gasteiger partial charge is 0.486 e. The Kier molecular flexibility index (Phi) is 2.63. The Morgan fingerprint density at radius 1 is 1.17 bits per heavy atom. The van der Waals surface area contributed by atoms with Crippen molar-refractivity contribution in [3.8, 4) is 16.9 Å². The molecule has 0 unspecified atom stereocenters. The van der Waals surface area contributed by atoms with E-state index in [1.165, 1.54) is 0 Å². The lowest BCUT2D eigenvalue weighted by molar-refractivity contribution is -0.151. The van der Waals surface area contributed by atoms with Crippen molar-refractivity contribution in [2.45, 2.75) is 18.4 Å². The van der Waals surface area contributed by atoms with E-state index in [0.29, 0.717) is 37.6 Å². The van der Waals surface area contributed by atoms with Crippen molar-refractivity contribution in [2.75, 3.05) is 18.1 Å². The highest BCUT2D eigenvalue weighted by molar-refractivity contribution is 6.09. The zero-order valence-electron chi connectivity index (χ0n) is 13.0. The summed E-state index contributed by atoms with van der Waals surface area (Å²) in [6, 6.07) is 9.88. The van der Waals surface area contributed by atoms with Crippen molar-refractivity contribution in [3.05, 3.63) is 36.6 Å². The van der Waals surface area contributed by atoms with Crippen LogP contribution in [-0.4, -0.2) is 30.5 Å². The van der Waals surface area contributed by atoms with Crippen LogP contribution in [0.4, 0.5) is 5.88 Å². The fourth-order valence-corrected chi connectivity index (χ4v) is 4.03. The van der Waals surface area contributed by atoms with Crippen LogP contribution in [0, 0.1) is 5.92 Å². The molecule has 0 radical (unpaired) electrons. The molecule has 2 amide bonds. The third-order valence-electron chi connectivity index (χ3n) is 5.33. The van der Waals surface area contributed by atoms with Gasteiger partial charge in [0.25, 0.3) is 5.91 Å². The second kappa shape index (κ2) is 4.63. The van der Waals surface area contributed by atoms with Crippen molar-refractivity contribution in [1.29, 1.82) is 0 Å². The van der Waals surface area contributed by atoms with Crippen molar-refractivity contribution < 1.29 is 18.7 Å². The lowest BCUT2D eigenvalue weighted by Gasteiger charge is -2.55. The molecule has 6 nitrogen and oxygen atoms in total. The molecule has 24 heavy (non-hydrogen) atoms. The van der Waals surface area contributed by atoms with Crippen LogP contribution in [0.25, 0.3) is 11.1 Å². The van der Waals surface area contributed by atoms with Gasteiger partial charge in [-0.25, -0.2) is 0 Å². The third-order valence-corrected chi connectivity index (χ3v) is 5.33. The Bertz CT molecular complexity index is 836. The summed E-state index contributed by atoms with van der Waals surface area (Å²) in [7, 11) is 0. The molecule has 2 aromatic rings. The Hall–Kier alpha value is -2.76. The number of nitrogens with zero attached hydrogens (tertiary/aromatic N) is 1. The molecule has 3 aliphatic heterocycles. The van der Waals surface area contributed by atoms with Gasteiger partial charge in [0, 0.05) is 5.92 Å². The van der Waals surface area contributed by atoms with Gasteiger partial charge in [0.05, 0.1) is 12.1 Å². The van der Waals surface area contributed by atoms with E-state index in [0.717, 1.165) is 11.1 Å². The van der Waals surface area contributed by atoms with Crippen LogP contribution < -0.4 is 15.0 Å². The molecule has 0 spiro atoms. The number of amides is 2. The molecule has 2 bridgehead atoms. The minimum Gasteiger partial charge on any atom is -0.486 e. The molecular formula is C18H16N2O4. The molecule has 1 saturated carbocycles. The first kappa shape index (κ1) is 13.7. The van der Waals surface area contributed by atoms with Crippen LogP contribution in [0.15, 0.2) is 41.0 Å². The van der Waals surface area contributed by atoms with E-state index in [2.05, 4.69) is 5.32 Å². The molecule has 3 fully saturated rings. The minimum absolute atomic E-state index is 0.0717. The number of piperidine rings is 2. The first-order chi connectivity index (χ1) is 11.7. The maximum atomic E-state index is 12.5. The van der Waals surface area contributed by atoms with E-state index in [4.69, 9.17) is 9.15 Å². The van der Waals surface area contributed by atoms with Crippen molar-refractivity contribution >= 4 is 17.7 Å². The first-order valence-electron chi connectivity index (χ1n) is 8.12. The maximum absolute atomic E-state index is 12.5. The fraction of sp³-hybridized carbons (Fsp3) is 0.333. The van der Waals surface area contributed by atoms with Crippen LogP contribution >= 0.6 is 0 Å². The van der Waals surface area contributed by atoms with Crippen molar-refractivity contribution in [3.63, 3.8) is 0 Å². The number of fused-ring (bicyclic) bond motifs is 3. The summed E-state index contributed by atoms with van der Waals surface area (Å²) in [4.78, 5) is 26.2. The molecule has 1 aromatic heterocycles. The first-order valence-corrected chi connectivity index (χ1v) is 8.12. The number of nitrogens with one attached hydrogen (secondary N) is 1. The molecule has 122 valence electrons. The number of carbonyl (C=O) groups is 2. The summed E-state index contributed by atoms with van der Waals surface area (Å²) in [5.41, 5.74) is 1.22. The van der Waals surface area contributed by atoms with E-state index in [9.17, 15) is 9.59 Å². The van der Waals surface area contributed by atoms with Gasteiger partial charge < -0.3 is 14.1 Å². The summed E-state index contributed by atoms with van der Waals surface area (Å²) in [6.45, 7) is 1.06. The molecule has 6 rings (SSSR count). The Labute approximate surface area is 138 Å². The maximum Gasteiger partial charge on any atom is 0.252 e. The smallest absolute Gasteiger partial charge is 0.252 e. The highest BCUT2D eigenvalue weighted by atomic mass is 16.5. The van der Waals surface area contributed by atoms with Gasteiger partial charge in [-0.15, -0.1) is 0 Å². The van der Waals surface area contributed by atoms with Crippen LogP contribution in [0.5, 0.6) is 5.75 Å². The molecule has 6 heteroatoms. The van der Waals surface area contributed by atoms with Crippen molar-refractivity contribution in [1.82, 2.24) is 5.32 Å². The molecule has 1 aromatic carbocycles. The van der Waals surface area contributed by atoms with Gasteiger partial charge in [0.15, 0.2) is 5.75 Å². The summed E-state index contributed by atoms with van der Waals surface area (Å²) in [5.74, 6) is 0.816. The number of benzene rings is 1. The molecule has 1 N–H and O–H groups in total. The molecule has 4 aliphatic rings. The van der Waals surface area contributed by atoms with Crippen molar-refractivity contribution in [2.24, 2.45) is 5.92 Å². The van der Waals surface area contributed by atoms with Crippen LogP contribution in [0.1, 0.15) is 12.8 Å². The molecular weight excluding hydrogens is 308 g/mol. The number of hydrogen-bond acceptors (Lipinski definition) is 5. The Morgan fingerprint density at radius 2 is 1.96 bits per heavy atom. The lowest BCUT2D eigenvalue weighted by Crippen LogP contribution is -2.74. The van der Waals surface area contributed by atoms with Crippen LogP contribution in [0.2, 0.25) is 0 Å². The topological polar surface area (TPSA) is 71.8 Å². The Morgan fingerprint density at radius 3 is 2.71 bits per heavy atom. The van der Waals surface area contributed by atoms with Gasteiger partial charge in [0.2, 0.25) is 11.8 Å². The summed E-state index contributed by atoms with van der Waals surface area (Å²) < 4.78 is 11.7. The average molecular weight is 324 g/mol. The van der Waals surface area contributed by atoms with Gasteiger partial charge >= 0.3 is 0 Å². The fourth-order valence-electron chi connectivity index (χ4n) is 4.03. The zero-order valence-corrected chi connectivity index (χ0v) is 13.0. The summed E-state index contributed by atoms with van der Waals surface area (Å²) >= 11 is 0. The van der Waals surface area contributed by atoms with Gasteiger partial charge in [-0.2, -0.15) is 0 Å². The van der Waals surface area contributed by atoms with Gasteiger partial charge in [0.1, 0.15) is 18.4 Å². The number of imide groups is 1. The monoisotopic (exact) mass is 324 g/mol. The average Bonchev–Trinajstić information content (AvgIpc) is 2.98. The molecule has 0 atom stereocenters. The van der Waals surface area contributed by atoms with Crippen LogP contribution in [0.3, 0.4) is 0 Å². The number of hydrogen-bond donors (Lipinski definition) is 1. The summed E-state index contributed by atoms with van der Waals surface area (Å²) in [6.07, 6.45) is 2.79. The second-order valence-corrected chi connectivity index (χ2v) is 6.60. The van der Waals surface area contributed by atoms with E-state index >= 15 is 0 Å². The highest BCUT2D eigenvalue weighted by Gasteiger charge is 2.62. The normalized spacial score (nSPS) is 27.8. The number of furan rings is 1. The summed E-state index contributed by atoms with van der Waals surface area (Å²) in [5, 5.41) is 2.48. The third kappa shape index (κ3) is 1.65. The van der Waals surface area contributed by atoms with Gasteiger partial charge in [-0.1, -0.05) is 30.3 Å². The zero-order chi connectivity index (χ0) is 16.3. The SMILES string of the molecule is O=C1NC(=O)C2(N3CCOc4c(-c5ccccc5)coc43)CC1C2. The Balaban J connectivity index is 1.56. The van der Waals surface area contributed by atoms with Gasteiger partial charge in [-0.05, 0) is 18.4 Å². The quantitative estimate of drug-likeness (QED) is 0.855. The highest BCUT2D eigenvalue weighted by Crippen LogP contribution is 2.52. The minimum atomic E-state index is -0.678.